The van der Waals surface area contributed by atoms with Crippen molar-refractivity contribution >= 4 is 11.0 Å². The highest BCUT2D eigenvalue weighted by Gasteiger charge is 1.99. The quantitative estimate of drug-likeness (QED) is 0.624. The number of aromatic nitrogens is 3. The van der Waals surface area contributed by atoms with Crippen LogP contribution in [0.1, 0.15) is 12.0 Å². The molecular formula is C11H17N5. The summed E-state index contributed by atoms with van der Waals surface area (Å²) < 4.78 is 0. The number of aromatic amines is 1. The maximum atomic E-state index is 4.06. The molecule has 2 rings (SSSR count). The fourth-order valence-corrected chi connectivity index (χ4v) is 1.62. The maximum Gasteiger partial charge on any atom is 0.113 e. The highest BCUT2D eigenvalue weighted by Crippen LogP contribution is 2.09. The lowest BCUT2D eigenvalue weighted by Gasteiger charge is -2.04. The van der Waals surface area contributed by atoms with Crippen molar-refractivity contribution in [1.29, 1.82) is 0 Å². The third kappa shape index (κ3) is 2.77. The number of fused-ring (bicyclic) bond motifs is 1. The zero-order valence-electron chi connectivity index (χ0n) is 9.45. The molecule has 0 saturated heterocycles. The van der Waals surface area contributed by atoms with Gasteiger partial charge in [-0.1, -0.05) is 6.07 Å². The number of nitrogens with zero attached hydrogens (tertiary/aromatic N) is 2. The van der Waals surface area contributed by atoms with E-state index >= 15 is 0 Å². The van der Waals surface area contributed by atoms with Crippen LogP contribution in [0.15, 0.2) is 18.2 Å². The lowest BCUT2D eigenvalue weighted by Crippen LogP contribution is -2.19. The molecule has 1 aromatic carbocycles. The Balaban J connectivity index is 1.84. The average molecular weight is 219 g/mol. The van der Waals surface area contributed by atoms with Gasteiger partial charge in [-0.25, -0.2) is 0 Å². The molecule has 0 atom stereocenters. The number of H-pyrrole nitrogens is 1. The Labute approximate surface area is 94.6 Å². The molecule has 0 aliphatic heterocycles. The van der Waals surface area contributed by atoms with E-state index in [1.54, 1.807) is 0 Å². The van der Waals surface area contributed by atoms with Crippen molar-refractivity contribution in [2.45, 2.75) is 13.0 Å². The van der Waals surface area contributed by atoms with Crippen LogP contribution in [0.2, 0.25) is 0 Å². The molecule has 0 amide bonds. The molecule has 5 nitrogen and oxygen atoms in total. The first-order valence-corrected chi connectivity index (χ1v) is 5.55. The van der Waals surface area contributed by atoms with E-state index in [9.17, 15) is 0 Å². The summed E-state index contributed by atoms with van der Waals surface area (Å²) in [6.07, 6.45) is 1.14. The van der Waals surface area contributed by atoms with E-state index in [4.69, 9.17) is 0 Å². The Morgan fingerprint density at radius 2 is 2.06 bits per heavy atom. The predicted molar refractivity (Wildman–Crippen MR) is 64.1 cm³/mol. The van der Waals surface area contributed by atoms with Crippen LogP contribution in [0.25, 0.3) is 11.0 Å². The molecule has 0 aliphatic carbocycles. The molecule has 0 aliphatic rings. The van der Waals surface area contributed by atoms with Crippen molar-refractivity contribution in [2.24, 2.45) is 0 Å². The van der Waals surface area contributed by atoms with Gasteiger partial charge in [-0.2, -0.15) is 15.4 Å². The van der Waals surface area contributed by atoms with Crippen LogP contribution in [0, 0.1) is 0 Å². The SMILES string of the molecule is CNCCCNCc1ccc2n[nH]nc2c1. The van der Waals surface area contributed by atoms with E-state index in [1.165, 1.54) is 5.56 Å². The number of hydrogen-bond donors (Lipinski definition) is 3. The second-order valence-corrected chi connectivity index (χ2v) is 3.78. The Bertz CT molecular complexity index is 437. The maximum absolute atomic E-state index is 4.06. The van der Waals surface area contributed by atoms with Crippen molar-refractivity contribution in [3.63, 3.8) is 0 Å². The second-order valence-electron chi connectivity index (χ2n) is 3.78. The monoisotopic (exact) mass is 219 g/mol. The number of nitrogens with one attached hydrogen (secondary N) is 3. The minimum absolute atomic E-state index is 0.881. The summed E-state index contributed by atoms with van der Waals surface area (Å²) >= 11 is 0. The minimum atomic E-state index is 0.881. The van der Waals surface area contributed by atoms with Gasteiger partial charge in [0.25, 0.3) is 0 Å². The van der Waals surface area contributed by atoms with Gasteiger partial charge in [0, 0.05) is 6.54 Å². The van der Waals surface area contributed by atoms with Gasteiger partial charge >= 0.3 is 0 Å². The molecule has 0 saturated carbocycles. The van der Waals surface area contributed by atoms with Crippen LogP contribution in [0.5, 0.6) is 0 Å². The lowest BCUT2D eigenvalue weighted by atomic mass is 10.2. The van der Waals surface area contributed by atoms with Gasteiger partial charge in [-0.3, -0.25) is 0 Å². The average Bonchev–Trinajstić information content (AvgIpc) is 2.76. The van der Waals surface area contributed by atoms with Crippen molar-refractivity contribution in [3.05, 3.63) is 23.8 Å². The number of rotatable bonds is 6. The van der Waals surface area contributed by atoms with E-state index < -0.39 is 0 Å². The Kier molecular flexibility index (Phi) is 3.85. The van der Waals surface area contributed by atoms with Crippen LogP contribution < -0.4 is 10.6 Å². The van der Waals surface area contributed by atoms with Crippen LogP contribution in [0.4, 0.5) is 0 Å². The summed E-state index contributed by atoms with van der Waals surface area (Å²) in [5.41, 5.74) is 3.08. The minimum Gasteiger partial charge on any atom is -0.320 e. The van der Waals surface area contributed by atoms with Gasteiger partial charge in [-0.05, 0) is 44.3 Å². The molecule has 0 spiro atoms. The fraction of sp³-hybridized carbons (Fsp3) is 0.455. The zero-order valence-corrected chi connectivity index (χ0v) is 9.45. The topological polar surface area (TPSA) is 65.6 Å². The molecule has 16 heavy (non-hydrogen) atoms. The first kappa shape index (κ1) is 11.0. The van der Waals surface area contributed by atoms with Gasteiger partial charge in [0.05, 0.1) is 0 Å². The second kappa shape index (κ2) is 5.58. The molecule has 0 unspecified atom stereocenters. The number of benzene rings is 1. The predicted octanol–water partition coefficient (Wildman–Crippen LogP) is 0.657. The Morgan fingerprint density at radius 1 is 1.19 bits per heavy atom. The normalized spacial score (nSPS) is 11.1. The van der Waals surface area contributed by atoms with Gasteiger partial charge in [0.1, 0.15) is 11.0 Å². The Hall–Kier alpha value is -1.46. The van der Waals surface area contributed by atoms with E-state index in [-0.39, 0.29) is 0 Å². The molecular weight excluding hydrogens is 202 g/mol. The first-order chi connectivity index (χ1) is 7.90. The lowest BCUT2D eigenvalue weighted by molar-refractivity contribution is 0.625. The van der Waals surface area contributed by atoms with Crippen LogP contribution in [-0.2, 0) is 6.54 Å². The summed E-state index contributed by atoms with van der Waals surface area (Å²) in [6.45, 7) is 2.96. The van der Waals surface area contributed by atoms with Crippen molar-refractivity contribution in [3.8, 4) is 0 Å². The smallest absolute Gasteiger partial charge is 0.113 e. The third-order valence-corrected chi connectivity index (χ3v) is 2.49. The molecule has 1 heterocycles. The molecule has 2 aromatic rings. The van der Waals surface area contributed by atoms with Gasteiger partial charge in [0.15, 0.2) is 0 Å². The Morgan fingerprint density at radius 3 is 2.94 bits per heavy atom. The molecule has 0 bridgehead atoms. The zero-order chi connectivity index (χ0) is 11.2. The van der Waals surface area contributed by atoms with E-state index in [1.807, 2.05) is 13.1 Å². The van der Waals surface area contributed by atoms with Crippen molar-refractivity contribution < 1.29 is 0 Å². The molecule has 0 radical (unpaired) electrons. The van der Waals surface area contributed by atoms with Crippen LogP contribution >= 0.6 is 0 Å². The molecule has 86 valence electrons. The summed E-state index contributed by atoms with van der Waals surface area (Å²) in [7, 11) is 1.97. The third-order valence-electron chi connectivity index (χ3n) is 2.49. The van der Waals surface area contributed by atoms with Crippen molar-refractivity contribution in [2.75, 3.05) is 20.1 Å². The molecule has 1 aromatic heterocycles. The molecule has 3 N–H and O–H groups in total. The van der Waals surface area contributed by atoms with E-state index in [0.717, 1.165) is 37.1 Å². The summed E-state index contributed by atoms with van der Waals surface area (Å²) in [6, 6.07) is 6.13. The number of hydrogen-bond acceptors (Lipinski definition) is 4. The summed E-state index contributed by atoms with van der Waals surface area (Å²) in [5.74, 6) is 0. The van der Waals surface area contributed by atoms with Gasteiger partial charge < -0.3 is 10.6 Å². The standard InChI is InChI=1S/C11H17N5/c1-12-5-2-6-13-8-9-3-4-10-11(7-9)15-16-14-10/h3-4,7,12-13H,2,5-6,8H2,1H3,(H,14,15,16). The first-order valence-electron chi connectivity index (χ1n) is 5.55. The van der Waals surface area contributed by atoms with Gasteiger partial charge in [0.2, 0.25) is 0 Å². The summed E-state index contributed by atoms with van der Waals surface area (Å²) in [4.78, 5) is 0. The highest BCUT2D eigenvalue weighted by atomic mass is 15.3. The van der Waals surface area contributed by atoms with E-state index in [2.05, 4.69) is 38.2 Å². The summed E-state index contributed by atoms with van der Waals surface area (Å²) in [5, 5.41) is 17.2. The van der Waals surface area contributed by atoms with Gasteiger partial charge in [-0.15, -0.1) is 0 Å². The van der Waals surface area contributed by atoms with Crippen LogP contribution in [-0.4, -0.2) is 35.5 Å². The highest BCUT2D eigenvalue weighted by molar-refractivity contribution is 5.74. The fourth-order valence-electron chi connectivity index (χ4n) is 1.62. The van der Waals surface area contributed by atoms with Crippen LogP contribution in [0.3, 0.4) is 0 Å². The molecule has 0 fully saturated rings. The molecule has 5 heteroatoms. The van der Waals surface area contributed by atoms with Crippen molar-refractivity contribution in [1.82, 2.24) is 26.0 Å². The van der Waals surface area contributed by atoms with E-state index in [0.29, 0.717) is 0 Å². The largest absolute Gasteiger partial charge is 0.320 e.